The van der Waals surface area contributed by atoms with Crippen LogP contribution in [0.15, 0.2) is 0 Å². The second kappa shape index (κ2) is 1.91. The molecule has 6 atom stereocenters. The summed E-state index contributed by atoms with van der Waals surface area (Å²) in [5.41, 5.74) is 0.833. The molecule has 0 aliphatic heterocycles. The third-order valence-electron chi connectivity index (χ3n) is 5.59. The van der Waals surface area contributed by atoms with Crippen LogP contribution in [0.5, 0.6) is 0 Å². The summed E-state index contributed by atoms with van der Waals surface area (Å²) in [5, 5.41) is 0. The van der Waals surface area contributed by atoms with Gasteiger partial charge < -0.3 is 0 Å². The van der Waals surface area contributed by atoms with E-state index in [1.54, 1.807) is 12.8 Å². The summed E-state index contributed by atoms with van der Waals surface area (Å²) in [4.78, 5) is 0. The van der Waals surface area contributed by atoms with E-state index < -0.39 is 0 Å². The molecule has 0 nitrogen and oxygen atoms in total. The second-order valence-corrected chi connectivity index (χ2v) is 5.71. The number of rotatable bonds is 2. The Kier molecular flexibility index (Phi) is 1.18. The Bertz CT molecular complexity index is 220. The summed E-state index contributed by atoms with van der Waals surface area (Å²) in [6.07, 6.45) is 4.56. The first-order chi connectivity index (χ1) is 5.69. The Labute approximate surface area is 75.7 Å². The topological polar surface area (TPSA) is 0 Å². The zero-order valence-electron chi connectivity index (χ0n) is 8.51. The summed E-state index contributed by atoms with van der Waals surface area (Å²) >= 11 is 0. The molecule has 0 aromatic heterocycles. The van der Waals surface area contributed by atoms with Gasteiger partial charge in [0.05, 0.1) is 0 Å². The highest BCUT2D eigenvalue weighted by Crippen LogP contribution is 2.82. The summed E-state index contributed by atoms with van der Waals surface area (Å²) in [7, 11) is 0. The van der Waals surface area contributed by atoms with E-state index in [1.165, 1.54) is 24.2 Å². The lowest BCUT2D eigenvalue weighted by molar-refractivity contribution is -0.161. The van der Waals surface area contributed by atoms with Crippen molar-refractivity contribution >= 4 is 0 Å². The fraction of sp³-hybridized carbons (Fsp3) is 1.00. The van der Waals surface area contributed by atoms with Crippen LogP contribution in [0.1, 0.15) is 40.0 Å². The lowest BCUT2D eigenvalue weighted by atomic mass is 9.41. The maximum atomic E-state index is 2.58. The molecule has 0 amide bonds. The molecule has 0 bridgehead atoms. The van der Waals surface area contributed by atoms with E-state index in [-0.39, 0.29) is 0 Å². The highest BCUT2D eigenvalue weighted by atomic mass is 14.8. The van der Waals surface area contributed by atoms with Crippen molar-refractivity contribution < 1.29 is 0 Å². The minimum absolute atomic E-state index is 0.833. The van der Waals surface area contributed by atoms with Crippen LogP contribution in [0.2, 0.25) is 0 Å². The average Bonchev–Trinajstić information content (AvgIpc) is 2.79. The Morgan fingerprint density at radius 1 is 1.33 bits per heavy atom. The van der Waals surface area contributed by atoms with Gasteiger partial charge in [0.2, 0.25) is 0 Å². The molecule has 0 saturated heterocycles. The SMILES string of the molecule is CCC(C)C1CC2C3CC3C12C. The van der Waals surface area contributed by atoms with Gasteiger partial charge in [-0.25, -0.2) is 0 Å². The van der Waals surface area contributed by atoms with Crippen molar-refractivity contribution in [2.45, 2.75) is 40.0 Å². The maximum Gasteiger partial charge on any atom is -0.0233 e. The molecule has 3 rings (SSSR count). The highest BCUT2D eigenvalue weighted by molar-refractivity contribution is 5.24. The number of hydrogen-bond acceptors (Lipinski definition) is 0. The third-order valence-corrected chi connectivity index (χ3v) is 5.59. The van der Waals surface area contributed by atoms with Crippen molar-refractivity contribution in [2.75, 3.05) is 0 Å². The normalized spacial score (nSPS) is 62.2. The van der Waals surface area contributed by atoms with Crippen LogP contribution < -0.4 is 0 Å². The molecule has 68 valence electrons. The van der Waals surface area contributed by atoms with Gasteiger partial charge in [-0.3, -0.25) is 0 Å². The van der Waals surface area contributed by atoms with E-state index in [9.17, 15) is 0 Å². The third kappa shape index (κ3) is 0.561. The van der Waals surface area contributed by atoms with Gasteiger partial charge in [0.15, 0.2) is 0 Å². The van der Waals surface area contributed by atoms with Crippen molar-refractivity contribution in [3.63, 3.8) is 0 Å². The fourth-order valence-corrected chi connectivity index (χ4v) is 4.47. The Balaban J connectivity index is 1.77. The molecule has 3 saturated carbocycles. The molecule has 6 unspecified atom stereocenters. The van der Waals surface area contributed by atoms with E-state index in [4.69, 9.17) is 0 Å². The average molecular weight is 164 g/mol. The molecule has 0 spiro atoms. The number of hydrogen-bond donors (Lipinski definition) is 0. The van der Waals surface area contributed by atoms with E-state index >= 15 is 0 Å². The lowest BCUT2D eigenvalue weighted by Crippen LogP contribution is -2.58. The largest absolute Gasteiger partial charge is 0.0651 e. The molecular formula is C12H20. The maximum absolute atomic E-state index is 2.58. The first-order valence-electron chi connectivity index (χ1n) is 5.69. The molecule has 3 aliphatic carbocycles. The van der Waals surface area contributed by atoms with Crippen molar-refractivity contribution in [1.29, 1.82) is 0 Å². The Morgan fingerprint density at radius 3 is 2.58 bits per heavy atom. The van der Waals surface area contributed by atoms with Gasteiger partial charge in [-0.05, 0) is 47.8 Å². The van der Waals surface area contributed by atoms with Gasteiger partial charge in [0.25, 0.3) is 0 Å². The summed E-state index contributed by atoms with van der Waals surface area (Å²) in [6.45, 7) is 7.39. The predicted molar refractivity (Wildman–Crippen MR) is 50.8 cm³/mol. The van der Waals surface area contributed by atoms with Crippen LogP contribution in [-0.2, 0) is 0 Å². The molecule has 0 N–H and O–H groups in total. The predicted octanol–water partition coefficient (Wildman–Crippen LogP) is 3.32. The van der Waals surface area contributed by atoms with Gasteiger partial charge >= 0.3 is 0 Å². The second-order valence-electron chi connectivity index (χ2n) is 5.71. The van der Waals surface area contributed by atoms with Crippen LogP contribution in [0.3, 0.4) is 0 Å². The summed E-state index contributed by atoms with van der Waals surface area (Å²) in [5.74, 6) is 5.64. The lowest BCUT2D eigenvalue weighted by Gasteiger charge is -2.64. The summed E-state index contributed by atoms with van der Waals surface area (Å²) < 4.78 is 0. The smallest absolute Gasteiger partial charge is 0.0233 e. The van der Waals surface area contributed by atoms with Gasteiger partial charge in [-0.2, -0.15) is 0 Å². The van der Waals surface area contributed by atoms with Crippen molar-refractivity contribution in [2.24, 2.45) is 35.0 Å². The molecule has 0 aromatic rings. The fourth-order valence-electron chi connectivity index (χ4n) is 4.47. The standard InChI is InChI=1S/C12H20/c1-4-7(2)9-6-11-8-5-10(8)12(9,11)3/h7-11H,4-6H2,1-3H3. The van der Waals surface area contributed by atoms with E-state index in [0.717, 1.165) is 17.3 Å². The molecule has 3 aliphatic rings. The molecule has 0 aromatic carbocycles. The first-order valence-corrected chi connectivity index (χ1v) is 5.69. The van der Waals surface area contributed by atoms with Gasteiger partial charge in [0, 0.05) is 0 Å². The van der Waals surface area contributed by atoms with Gasteiger partial charge in [0.1, 0.15) is 0 Å². The number of fused-ring (bicyclic) bond motifs is 4. The first kappa shape index (κ1) is 7.41. The van der Waals surface area contributed by atoms with E-state index in [2.05, 4.69) is 20.8 Å². The molecule has 0 radical (unpaired) electrons. The van der Waals surface area contributed by atoms with E-state index in [0.29, 0.717) is 0 Å². The minimum atomic E-state index is 0.833. The minimum Gasteiger partial charge on any atom is -0.0651 e. The molecule has 12 heavy (non-hydrogen) atoms. The van der Waals surface area contributed by atoms with Crippen molar-refractivity contribution in [1.82, 2.24) is 0 Å². The van der Waals surface area contributed by atoms with Crippen LogP contribution >= 0.6 is 0 Å². The Hall–Kier alpha value is 0. The van der Waals surface area contributed by atoms with Crippen LogP contribution in [0, 0.1) is 35.0 Å². The Morgan fingerprint density at radius 2 is 2.00 bits per heavy atom. The van der Waals surface area contributed by atoms with Crippen LogP contribution in [0.25, 0.3) is 0 Å². The highest BCUT2D eigenvalue weighted by Gasteiger charge is 2.76. The van der Waals surface area contributed by atoms with Gasteiger partial charge in [-0.15, -0.1) is 0 Å². The van der Waals surface area contributed by atoms with Crippen molar-refractivity contribution in [3.05, 3.63) is 0 Å². The monoisotopic (exact) mass is 164 g/mol. The molecule has 0 heterocycles. The van der Waals surface area contributed by atoms with Crippen LogP contribution in [-0.4, -0.2) is 0 Å². The van der Waals surface area contributed by atoms with E-state index in [1.807, 2.05) is 0 Å². The quantitative estimate of drug-likeness (QED) is 0.587. The summed E-state index contributed by atoms with van der Waals surface area (Å²) in [6, 6.07) is 0. The van der Waals surface area contributed by atoms with Crippen molar-refractivity contribution in [3.8, 4) is 0 Å². The zero-order valence-corrected chi connectivity index (χ0v) is 8.51. The molecular weight excluding hydrogens is 144 g/mol. The van der Waals surface area contributed by atoms with Crippen LogP contribution in [0.4, 0.5) is 0 Å². The molecule has 0 heteroatoms. The van der Waals surface area contributed by atoms with Gasteiger partial charge in [-0.1, -0.05) is 27.2 Å². The zero-order chi connectivity index (χ0) is 8.51. The molecule has 3 fully saturated rings.